The number of allylic oxidation sites excluding steroid dienone is 1. The highest BCUT2D eigenvalue weighted by molar-refractivity contribution is 5.89. The molecule has 9 nitrogen and oxygen atoms in total. The largest absolute Gasteiger partial charge is 0.496 e. The van der Waals surface area contributed by atoms with Gasteiger partial charge in [0.2, 0.25) is 0 Å². The number of ether oxygens (including phenoxy) is 2. The number of hydrogen-bond donors (Lipinski definition) is 2. The fourth-order valence-electron chi connectivity index (χ4n) is 5.19. The van der Waals surface area contributed by atoms with Gasteiger partial charge in [0.1, 0.15) is 17.3 Å². The van der Waals surface area contributed by atoms with Gasteiger partial charge >= 0.3 is 5.92 Å². The van der Waals surface area contributed by atoms with Gasteiger partial charge in [0.05, 0.1) is 51.1 Å². The topological polar surface area (TPSA) is 121 Å². The molecule has 2 unspecified atom stereocenters. The van der Waals surface area contributed by atoms with E-state index in [9.17, 15) is 8.78 Å². The highest BCUT2D eigenvalue weighted by Gasteiger charge is 2.34. The molecule has 0 spiro atoms. The first kappa shape index (κ1) is 31.0. The van der Waals surface area contributed by atoms with Crippen molar-refractivity contribution in [1.29, 1.82) is 0 Å². The number of hydrogen-bond acceptors (Lipinski definition) is 8. The van der Waals surface area contributed by atoms with E-state index in [0.29, 0.717) is 30.1 Å². The quantitative estimate of drug-likeness (QED) is 0.200. The molecule has 1 aliphatic heterocycles. The van der Waals surface area contributed by atoms with Crippen LogP contribution in [0.25, 0.3) is 11.1 Å². The van der Waals surface area contributed by atoms with Gasteiger partial charge in [-0.25, -0.2) is 4.99 Å². The molecular weight excluding hydrogens is 566 g/mol. The monoisotopic (exact) mass is 602 g/mol. The zero-order valence-corrected chi connectivity index (χ0v) is 25.0. The van der Waals surface area contributed by atoms with Crippen LogP contribution in [0.5, 0.6) is 5.75 Å². The number of nitrogens with zero attached hydrogens (tertiary/aromatic N) is 5. The Morgan fingerprint density at radius 1 is 1.14 bits per heavy atom. The molecule has 0 saturated heterocycles. The van der Waals surface area contributed by atoms with Crippen LogP contribution in [0.1, 0.15) is 47.8 Å². The lowest BCUT2D eigenvalue weighted by atomic mass is 9.81. The zero-order valence-electron chi connectivity index (χ0n) is 25.0. The van der Waals surface area contributed by atoms with Crippen molar-refractivity contribution in [2.75, 3.05) is 13.7 Å². The Kier molecular flexibility index (Phi) is 9.17. The predicted molar refractivity (Wildman–Crippen MR) is 164 cm³/mol. The van der Waals surface area contributed by atoms with E-state index in [1.165, 1.54) is 19.2 Å². The second-order valence-corrected chi connectivity index (χ2v) is 11.0. The summed E-state index contributed by atoms with van der Waals surface area (Å²) < 4.78 is 41.5. The van der Waals surface area contributed by atoms with Crippen LogP contribution < -0.4 is 10.5 Å². The van der Waals surface area contributed by atoms with Crippen molar-refractivity contribution in [1.82, 2.24) is 19.7 Å². The van der Waals surface area contributed by atoms with Gasteiger partial charge in [0.15, 0.2) is 0 Å². The Balaban J connectivity index is 1.23. The Bertz CT molecular complexity index is 1670. The third-order valence-electron chi connectivity index (χ3n) is 7.93. The van der Waals surface area contributed by atoms with Crippen LogP contribution in [0.2, 0.25) is 0 Å². The molecule has 11 heteroatoms. The lowest BCUT2D eigenvalue weighted by Crippen LogP contribution is -2.32. The molecule has 2 atom stereocenters. The van der Waals surface area contributed by atoms with Gasteiger partial charge in [-0.2, -0.15) is 13.9 Å². The number of fused-ring (bicyclic) bond motifs is 1. The van der Waals surface area contributed by atoms with Crippen LogP contribution in [-0.2, 0) is 36.8 Å². The Morgan fingerprint density at radius 3 is 2.66 bits per heavy atom. The Morgan fingerprint density at radius 2 is 1.95 bits per heavy atom. The van der Waals surface area contributed by atoms with Crippen molar-refractivity contribution in [2.24, 2.45) is 16.6 Å². The number of aliphatic hydroxyl groups excluding tert-OH is 1. The Hall–Kier alpha value is -4.48. The molecule has 1 aliphatic rings. The van der Waals surface area contributed by atoms with E-state index in [1.807, 2.05) is 36.7 Å². The minimum atomic E-state index is -3.17. The minimum Gasteiger partial charge on any atom is -0.496 e. The van der Waals surface area contributed by atoms with E-state index in [-0.39, 0.29) is 42.9 Å². The van der Waals surface area contributed by atoms with Crippen LogP contribution in [-0.4, -0.2) is 44.4 Å². The van der Waals surface area contributed by atoms with E-state index in [0.717, 1.165) is 33.6 Å². The zero-order chi connectivity index (χ0) is 31.4. The summed E-state index contributed by atoms with van der Waals surface area (Å²) in [4.78, 5) is 13.3. The van der Waals surface area contributed by atoms with Crippen LogP contribution >= 0.6 is 0 Å². The molecule has 5 rings (SSSR count). The summed E-state index contributed by atoms with van der Waals surface area (Å²) in [6, 6.07) is 10.8. The molecule has 44 heavy (non-hydrogen) atoms. The number of alkyl halides is 2. The van der Waals surface area contributed by atoms with Crippen molar-refractivity contribution in [3.05, 3.63) is 101 Å². The van der Waals surface area contributed by atoms with E-state index in [4.69, 9.17) is 30.3 Å². The highest BCUT2D eigenvalue weighted by atomic mass is 19.3. The van der Waals surface area contributed by atoms with Gasteiger partial charge in [-0.05, 0) is 47.7 Å². The van der Waals surface area contributed by atoms with E-state index in [2.05, 4.69) is 23.6 Å². The summed E-state index contributed by atoms with van der Waals surface area (Å²) in [5, 5.41) is 13.4. The molecule has 3 aromatic heterocycles. The number of benzene rings is 1. The maximum absolute atomic E-state index is 14.1. The molecule has 1 aromatic carbocycles. The smallest absolute Gasteiger partial charge is 0.310 e. The second kappa shape index (κ2) is 13.0. The first-order chi connectivity index (χ1) is 21.1. The summed E-state index contributed by atoms with van der Waals surface area (Å²) >= 11 is 0. The minimum absolute atomic E-state index is 0.0172. The summed E-state index contributed by atoms with van der Waals surface area (Å²) in [5.74, 6) is -1.95. The molecule has 0 radical (unpaired) electrons. The molecule has 4 aromatic rings. The van der Waals surface area contributed by atoms with Crippen molar-refractivity contribution in [3.63, 3.8) is 0 Å². The van der Waals surface area contributed by atoms with Crippen LogP contribution in [0.4, 0.5) is 14.5 Å². The number of nitrogens with two attached hydrogens (primary N) is 1. The number of aliphatic hydroxyl groups is 1. The van der Waals surface area contributed by atoms with Gasteiger partial charge in [0.25, 0.3) is 0 Å². The van der Waals surface area contributed by atoms with Gasteiger partial charge in [0, 0.05) is 47.6 Å². The molecule has 0 bridgehead atoms. The number of amidine groups is 1. The maximum atomic E-state index is 14.1. The van der Waals surface area contributed by atoms with E-state index in [1.54, 1.807) is 24.1 Å². The highest BCUT2D eigenvalue weighted by Crippen LogP contribution is 2.38. The normalized spacial score (nSPS) is 15.4. The summed E-state index contributed by atoms with van der Waals surface area (Å²) in [6.45, 7) is 7.67. The molecule has 0 fully saturated rings. The van der Waals surface area contributed by atoms with Crippen molar-refractivity contribution >= 4 is 11.5 Å². The number of methoxy groups -OCH3 is 1. The average Bonchev–Trinajstić information content (AvgIpc) is 3.49. The third kappa shape index (κ3) is 6.53. The van der Waals surface area contributed by atoms with Crippen molar-refractivity contribution in [2.45, 2.75) is 51.9 Å². The third-order valence-corrected chi connectivity index (χ3v) is 7.93. The van der Waals surface area contributed by atoms with Crippen LogP contribution in [0, 0.1) is 5.92 Å². The summed E-state index contributed by atoms with van der Waals surface area (Å²) in [7, 11) is 1.61. The number of aliphatic imine (C=N–C) groups is 1. The van der Waals surface area contributed by atoms with Gasteiger partial charge in [-0.15, -0.1) is 0 Å². The predicted octanol–water partition coefficient (Wildman–Crippen LogP) is 5.69. The van der Waals surface area contributed by atoms with E-state index < -0.39 is 5.92 Å². The molecule has 3 N–H and O–H groups in total. The number of rotatable bonds is 12. The standard InChI is InChI=1S/C33H36F2N6O3/c1-20(2)33(34,35)31-8-5-22(14-38-31)18-44-19-24-7-6-23(12-30(24)43-4)21(3)27-13-28-29(40-32(27)36)11-25(15-37-28)26-16-39-41(17-26)9-10-42/h5-8,11-12,14-17,21,27,42H,1,9-10,13,18-19H2,2-4H3,(H2,36,40). The lowest BCUT2D eigenvalue weighted by Gasteiger charge is -2.28. The molecule has 0 amide bonds. The molecule has 0 saturated carbocycles. The number of aromatic nitrogens is 4. The second-order valence-electron chi connectivity index (χ2n) is 11.0. The molecule has 0 aliphatic carbocycles. The maximum Gasteiger partial charge on any atom is 0.310 e. The first-order valence-electron chi connectivity index (χ1n) is 14.3. The summed E-state index contributed by atoms with van der Waals surface area (Å²) in [6.07, 6.45) is 7.47. The van der Waals surface area contributed by atoms with Gasteiger partial charge in [-0.3, -0.25) is 14.6 Å². The number of halogens is 2. The van der Waals surface area contributed by atoms with Crippen molar-refractivity contribution < 1.29 is 23.4 Å². The van der Waals surface area contributed by atoms with E-state index >= 15 is 0 Å². The van der Waals surface area contributed by atoms with Crippen LogP contribution in [0.15, 0.2) is 78.3 Å². The summed E-state index contributed by atoms with van der Waals surface area (Å²) in [5.41, 5.74) is 11.9. The van der Waals surface area contributed by atoms with Gasteiger partial charge < -0.3 is 20.3 Å². The van der Waals surface area contributed by atoms with Crippen molar-refractivity contribution in [3.8, 4) is 16.9 Å². The fourth-order valence-corrected chi connectivity index (χ4v) is 5.19. The first-order valence-corrected chi connectivity index (χ1v) is 14.3. The Labute approximate surface area is 255 Å². The fraction of sp³-hybridized carbons (Fsp3) is 0.333. The molecule has 4 heterocycles. The van der Waals surface area contributed by atoms with Crippen LogP contribution in [0.3, 0.4) is 0 Å². The lowest BCUT2D eigenvalue weighted by molar-refractivity contribution is 0.0336. The average molecular weight is 603 g/mol. The molecule has 230 valence electrons. The molecular formula is C33H36F2N6O3. The number of pyridine rings is 2. The van der Waals surface area contributed by atoms with Gasteiger partial charge in [-0.1, -0.05) is 31.7 Å². The SMILES string of the molecule is C=C(C)C(F)(F)c1ccc(COCc2ccc(C(C)C3Cc4ncc(-c5cnn(CCO)c5)cc4N=C3N)cc2OC)cn1.